The van der Waals surface area contributed by atoms with Crippen LogP contribution in [0.5, 0.6) is 5.75 Å². The third-order valence-electron chi connectivity index (χ3n) is 4.38. The Bertz CT molecular complexity index is 850. The first kappa shape index (κ1) is 22.1. The molecule has 154 valence electrons. The molecule has 0 N–H and O–H groups in total. The Balaban J connectivity index is 2.07. The molecule has 2 rings (SSSR count). The monoisotopic (exact) mass is 399 g/mol. The Hall–Kier alpha value is -3.22. The zero-order valence-corrected chi connectivity index (χ0v) is 16.6. The van der Waals surface area contributed by atoms with Crippen molar-refractivity contribution < 1.29 is 24.0 Å². The Morgan fingerprint density at radius 2 is 1.69 bits per heavy atom. The molecule has 0 aliphatic carbocycles. The highest BCUT2D eigenvalue weighted by atomic mass is 16.6. The van der Waals surface area contributed by atoms with Crippen LogP contribution in [0.3, 0.4) is 0 Å². The molecule has 7 nitrogen and oxygen atoms in total. The van der Waals surface area contributed by atoms with Gasteiger partial charge in [-0.2, -0.15) is 0 Å². The van der Waals surface area contributed by atoms with Gasteiger partial charge in [-0.1, -0.05) is 44.4 Å². The molecular formula is C22H25NO6. The maximum absolute atomic E-state index is 12.2. The summed E-state index contributed by atoms with van der Waals surface area (Å²) >= 11 is 0. The molecule has 0 fully saturated rings. The summed E-state index contributed by atoms with van der Waals surface area (Å²) in [5.41, 5.74) is -0.219. The molecule has 0 aliphatic heterocycles. The number of carbonyl (C=O) groups excluding carboxylic acids is 2. The average molecular weight is 399 g/mol. The van der Waals surface area contributed by atoms with Crippen LogP contribution in [0.2, 0.25) is 0 Å². The molecule has 0 aromatic heterocycles. The molecule has 0 saturated carbocycles. The first-order chi connectivity index (χ1) is 13.9. The van der Waals surface area contributed by atoms with Gasteiger partial charge in [0.05, 0.1) is 22.2 Å². The van der Waals surface area contributed by atoms with Gasteiger partial charge in [0.1, 0.15) is 0 Å². The van der Waals surface area contributed by atoms with Crippen LogP contribution in [0.25, 0.3) is 0 Å². The Labute approximate surface area is 169 Å². The van der Waals surface area contributed by atoms with Crippen LogP contribution in [-0.2, 0) is 4.74 Å². The van der Waals surface area contributed by atoms with E-state index >= 15 is 0 Å². The van der Waals surface area contributed by atoms with E-state index in [0.29, 0.717) is 0 Å². The predicted molar refractivity (Wildman–Crippen MR) is 108 cm³/mol. The molecule has 7 heteroatoms. The number of benzene rings is 2. The summed E-state index contributed by atoms with van der Waals surface area (Å²) in [6.45, 7) is 3.99. The average Bonchev–Trinajstić information content (AvgIpc) is 2.71. The van der Waals surface area contributed by atoms with Gasteiger partial charge in [0.15, 0.2) is 5.75 Å². The van der Waals surface area contributed by atoms with Crippen molar-refractivity contribution in [2.24, 2.45) is 0 Å². The second-order valence-electron chi connectivity index (χ2n) is 6.76. The van der Waals surface area contributed by atoms with Gasteiger partial charge in [0.25, 0.3) is 0 Å². The van der Waals surface area contributed by atoms with Crippen LogP contribution in [-0.4, -0.2) is 23.0 Å². The van der Waals surface area contributed by atoms with Crippen molar-refractivity contribution in [3.05, 3.63) is 69.8 Å². The molecule has 1 atom stereocenters. The van der Waals surface area contributed by atoms with Gasteiger partial charge in [0, 0.05) is 6.07 Å². The topological polar surface area (TPSA) is 95.7 Å². The fourth-order valence-corrected chi connectivity index (χ4v) is 2.80. The van der Waals surface area contributed by atoms with Crippen molar-refractivity contribution in [2.75, 3.05) is 0 Å². The molecule has 1 unspecified atom stereocenters. The molecule has 0 bridgehead atoms. The zero-order valence-electron chi connectivity index (χ0n) is 16.6. The Morgan fingerprint density at radius 1 is 1.00 bits per heavy atom. The van der Waals surface area contributed by atoms with Crippen LogP contribution in [0.1, 0.15) is 66.7 Å². The highest BCUT2D eigenvalue weighted by Gasteiger charge is 2.22. The van der Waals surface area contributed by atoms with E-state index in [4.69, 9.17) is 9.47 Å². The number of hydrogen-bond acceptors (Lipinski definition) is 6. The third kappa shape index (κ3) is 6.71. The number of nitro benzene ring substituents is 1. The van der Waals surface area contributed by atoms with Gasteiger partial charge in [-0.3, -0.25) is 10.1 Å². The summed E-state index contributed by atoms with van der Waals surface area (Å²) in [6.07, 6.45) is 4.94. The van der Waals surface area contributed by atoms with Crippen LogP contribution >= 0.6 is 0 Å². The van der Waals surface area contributed by atoms with Crippen molar-refractivity contribution in [2.45, 2.75) is 52.1 Å². The van der Waals surface area contributed by atoms with Gasteiger partial charge in [-0.25, -0.2) is 9.59 Å². The summed E-state index contributed by atoms with van der Waals surface area (Å²) in [4.78, 5) is 35.0. The number of nitro groups is 1. The third-order valence-corrected chi connectivity index (χ3v) is 4.38. The van der Waals surface area contributed by atoms with E-state index in [-0.39, 0.29) is 28.7 Å². The van der Waals surface area contributed by atoms with E-state index in [1.54, 1.807) is 18.2 Å². The number of unbranched alkanes of at least 4 members (excludes halogenated alkanes) is 3. The van der Waals surface area contributed by atoms with Crippen molar-refractivity contribution in [1.29, 1.82) is 0 Å². The Kier molecular flexibility index (Phi) is 8.33. The van der Waals surface area contributed by atoms with Gasteiger partial charge >= 0.3 is 17.6 Å². The summed E-state index contributed by atoms with van der Waals surface area (Å²) < 4.78 is 10.5. The van der Waals surface area contributed by atoms with Gasteiger partial charge in [-0.15, -0.1) is 0 Å². The lowest BCUT2D eigenvalue weighted by Crippen LogP contribution is -2.15. The number of ether oxygens (including phenoxy) is 2. The lowest BCUT2D eigenvalue weighted by molar-refractivity contribution is -0.386. The van der Waals surface area contributed by atoms with E-state index in [1.165, 1.54) is 24.3 Å². The number of carbonyl (C=O) groups is 2. The molecule has 29 heavy (non-hydrogen) atoms. The molecule has 0 radical (unpaired) electrons. The smallest absolute Gasteiger partial charge is 0.346 e. The zero-order chi connectivity index (χ0) is 21.2. The van der Waals surface area contributed by atoms with E-state index in [2.05, 4.69) is 6.92 Å². The number of rotatable bonds is 10. The van der Waals surface area contributed by atoms with Crippen LogP contribution in [0, 0.1) is 10.1 Å². The quantitative estimate of drug-likeness (QED) is 0.176. The lowest BCUT2D eigenvalue weighted by Gasteiger charge is -2.15. The molecule has 0 aliphatic rings. The lowest BCUT2D eigenvalue weighted by atomic mass is 10.1. The van der Waals surface area contributed by atoms with Gasteiger partial charge in [-0.05, 0) is 44.0 Å². The molecule has 0 amide bonds. The summed E-state index contributed by atoms with van der Waals surface area (Å²) in [5.74, 6) is -1.69. The van der Waals surface area contributed by atoms with E-state index in [9.17, 15) is 19.7 Å². The second kappa shape index (κ2) is 10.9. The van der Waals surface area contributed by atoms with Crippen LogP contribution < -0.4 is 4.74 Å². The number of nitrogens with zero attached hydrogens (tertiary/aromatic N) is 1. The van der Waals surface area contributed by atoms with Crippen molar-refractivity contribution in [1.82, 2.24) is 0 Å². The minimum absolute atomic E-state index is 0.0870. The molecule has 0 spiro atoms. The molecule has 2 aromatic rings. The molecular weight excluding hydrogens is 374 g/mol. The fourth-order valence-electron chi connectivity index (χ4n) is 2.80. The largest absolute Gasteiger partial charge is 0.484 e. The number of esters is 2. The van der Waals surface area contributed by atoms with Crippen LogP contribution in [0.4, 0.5) is 5.69 Å². The minimum atomic E-state index is -0.957. The first-order valence-electron chi connectivity index (χ1n) is 9.69. The van der Waals surface area contributed by atoms with Crippen LogP contribution in [0.15, 0.2) is 48.5 Å². The van der Waals surface area contributed by atoms with E-state index in [1.807, 2.05) is 6.92 Å². The highest BCUT2D eigenvalue weighted by molar-refractivity contribution is 6.02. The highest BCUT2D eigenvalue weighted by Crippen LogP contribution is 2.30. The standard InChI is InChI=1S/C22H25NO6/c1-3-4-5-7-10-16(2)28-20-14-13-18(15-19(20)23(26)27)22(25)29-21(24)17-11-8-6-9-12-17/h6,8-9,11-16H,3-5,7,10H2,1-2H3. The minimum Gasteiger partial charge on any atom is -0.484 e. The number of hydrogen-bond donors (Lipinski definition) is 0. The summed E-state index contributed by atoms with van der Waals surface area (Å²) in [6, 6.07) is 11.8. The second-order valence-corrected chi connectivity index (χ2v) is 6.76. The molecule has 2 aromatic carbocycles. The maximum atomic E-state index is 12.2. The first-order valence-corrected chi connectivity index (χ1v) is 9.69. The predicted octanol–water partition coefficient (Wildman–Crippen LogP) is 5.33. The molecule has 0 heterocycles. The summed E-state index contributed by atoms with van der Waals surface area (Å²) in [7, 11) is 0. The normalized spacial score (nSPS) is 11.5. The van der Waals surface area contributed by atoms with Crippen molar-refractivity contribution >= 4 is 17.6 Å². The Morgan fingerprint density at radius 3 is 2.34 bits per heavy atom. The van der Waals surface area contributed by atoms with Crippen molar-refractivity contribution in [3.8, 4) is 5.75 Å². The van der Waals surface area contributed by atoms with E-state index in [0.717, 1.165) is 38.2 Å². The maximum Gasteiger partial charge on any atom is 0.346 e. The molecule has 0 saturated heterocycles. The fraction of sp³-hybridized carbons (Fsp3) is 0.364. The van der Waals surface area contributed by atoms with E-state index < -0.39 is 16.9 Å². The van der Waals surface area contributed by atoms with Gasteiger partial charge in [0.2, 0.25) is 0 Å². The summed E-state index contributed by atoms with van der Waals surface area (Å²) in [5, 5.41) is 11.4. The van der Waals surface area contributed by atoms with Gasteiger partial charge < -0.3 is 9.47 Å². The SMILES string of the molecule is CCCCCCC(C)Oc1ccc(C(=O)OC(=O)c2ccccc2)cc1[N+](=O)[O-]. The van der Waals surface area contributed by atoms with Crippen molar-refractivity contribution in [3.63, 3.8) is 0 Å².